The van der Waals surface area contributed by atoms with Crippen molar-refractivity contribution in [1.82, 2.24) is 9.80 Å². The van der Waals surface area contributed by atoms with Gasteiger partial charge in [-0.25, -0.2) is 4.79 Å². The smallest absolute Gasteiger partial charge is 0.325 e. The molecule has 7 heteroatoms. The number of para-hydroxylation sites is 1. The number of thioether (sulfide) groups is 1. The summed E-state index contributed by atoms with van der Waals surface area (Å²) >= 11 is 3.72. The molecule has 3 heterocycles. The van der Waals surface area contributed by atoms with Gasteiger partial charge in [-0.1, -0.05) is 24.3 Å². The normalized spacial score (nSPS) is 20.8. The highest BCUT2D eigenvalue weighted by Gasteiger charge is 2.32. The second-order valence-electron chi connectivity index (χ2n) is 6.74. The van der Waals surface area contributed by atoms with Gasteiger partial charge in [0.25, 0.3) is 0 Å². The highest BCUT2D eigenvalue weighted by molar-refractivity contribution is 7.99. The Morgan fingerprint density at radius 2 is 1.89 bits per heavy atom. The highest BCUT2D eigenvalue weighted by Crippen LogP contribution is 2.36. The van der Waals surface area contributed by atoms with Gasteiger partial charge in [0.2, 0.25) is 5.91 Å². The van der Waals surface area contributed by atoms with E-state index in [0.717, 1.165) is 31.0 Å². The summed E-state index contributed by atoms with van der Waals surface area (Å²) in [5.41, 5.74) is 0.891. The first-order valence-electron chi connectivity index (χ1n) is 9.26. The molecular weight excluding hydrogens is 378 g/mol. The molecule has 0 saturated carbocycles. The number of hydrogen-bond acceptors (Lipinski definition) is 4. The van der Waals surface area contributed by atoms with Gasteiger partial charge in [0, 0.05) is 47.7 Å². The molecule has 1 atom stereocenters. The molecule has 2 fully saturated rings. The zero-order valence-corrected chi connectivity index (χ0v) is 16.8. The molecular formula is C20H23N3O2S2. The minimum atomic E-state index is -0.0739. The third kappa shape index (κ3) is 4.14. The lowest BCUT2D eigenvalue weighted by atomic mass is 10.2. The minimum absolute atomic E-state index is 0.0608. The lowest BCUT2D eigenvalue weighted by Gasteiger charge is -2.24. The van der Waals surface area contributed by atoms with E-state index in [4.69, 9.17) is 0 Å². The maximum atomic E-state index is 12.8. The van der Waals surface area contributed by atoms with Crippen molar-refractivity contribution in [3.8, 4) is 0 Å². The molecule has 0 radical (unpaired) electrons. The molecule has 2 saturated heterocycles. The summed E-state index contributed by atoms with van der Waals surface area (Å²) in [7, 11) is 0. The largest absolute Gasteiger partial charge is 0.340 e. The number of benzene rings is 1. The second kappa shape index (κ2) is 8.35. The standard InChI is InChI=1S/C20H23N3O2S2/c24-19(21-9-8-18(27-14-12-21)17-7-4-13-26-17)15-22-10-11-23(20(22)25)16-5-2-1-3-6-16/h1-7,13,18H,8-12,14-15H2. The zero-order chi connectivity index (χ0) is 18.6. The van der Waals surface area contributed by atoms with E-state index < -0.39 is 0 Å². The first-order chi connectivity index (χ1) is 13.2. The maximum Gasteiger partial charge on any atom is 0.325 e. The molecule has 0 bridgehead atoms. The minimum Gasteiger partial charge on any atom is -0.340 e. The zero-order valence-electron chi connectivity index (χ0n) is 15.1. The van der Waals surface area contributed by atoms with Crippen LogP contribution in [-0.2, 0) is 4.79 Å². The van der Waals surface area contributed by atoms with Crippen molar-refractivity contribution in [2.45, 2.75) is 11.7 Å². The van der Waals surface area contributed by atoms with Gasteiger partial charge in [0.05, 0.1) is 0 Å². The summed E-state index contributed by atoms with van der Waals surface area (Å²) in [5.74, 6) is 1.00. The Bertz CT molecular complexity index is 782. The summed E-state index contributed by atoms with van der Waals surface area (Å²) in [4.78, 5) is 32.2. The van der Waals surface area contributed by atoms with Gasteiger partial charge in [-0.2, -0.15) is 11.8 Å². The van der Waals surface area contributed by atoms with E-state index in [-0.39, 0.29) is 18.5 Å². The molecule has 1 aromatic heterocycles. The van der Waals surface area contributed by atoms with Gasteiger partial charge in [-0.15, -0.1) is 11.3 Å². The number of carbonyl (C=O) groups is 2. The lowest BCUT2D eigenvalue weighted by molar-refractivity contribution is -0.131. The SMILES string of the molecule is O=C(CN1CCN(c2ccccc2)C1=O)N1CCSC(c2cccs2)CC1. The molecule has 2 aliphatic rings. The van der Waals surface area contributed by atoms with Crippen molar-refractivity contribution in [1.29, 1.82) is 0 Å². The lowest BCUT2D eigenvalue weighted by Crippen LogP contribution is -2.43. The molecule has 142 valence electrons. The van der Waals surface area contributed by atoms with Crippen LogP contribution in [0.25, 0.3) is 0 Å². The molecule has 2 aliphatic heterocycles. The Kier molecular flexibility index (Phi) is 5.69. The van der Waals surface area contributed by atoms with Crippen molar-refractivity contribution < 1.29 is 9.59 Å². The third-order valence-corrected chi connectivity index (χ3v) is 7.49. The van der Waals surface area contributed by atoms with E-state index in [1.54, 1.807) is 21.1 Å². The quantitative estimate of drug-likeness (QED) is 0.785. The van der Waals surface area contributed by atoms with Crippen LogP contribution in [0.2, 0.25) is 0 Å². The molecule has 3 amide bonds. The van der Waals surface area contributed by atoms with Gasteiger partial charge in [0.1, 0.15) is 6.54 Å². The topological polar surface area (TPSA) is 43.9 Å². The molecule has 1 aromatic carbocycles. The fourth-order valence-electron chi connectivity index (χ4n) is 3.56. The number of thiophene rings is 1. The van der Waals surface area contributed by atoms with E-state index in [9.17, 15) is 9.59 Å². The van der Waals surface area contributed by atoms with Gasteiger partial charge < -0.3 is 9.80 Å². The van der Waals surface area contributed by atoms with Gasteiger partial charge in [-0.05, 0) is 30.0 Å². The third-order valence-electron chi connectivity index (χ3n) is 5.04. The fourth-order valence-corrected chi connectivity index (χ4v) is 5.80. The second-order valence-corrected chi connectivity index (χ2v) is 9.03. The predicted molar refractivity (Wildman–Crippen MR) is 111 cm³/mol. The molecule has 0 N–H and O–H groups in total. The summed E-state index contributed by atoms with van der Waals surface area (Å²) in [5, 5.41) is 2.59. The van der Waals surface area contributed by atoms with E-state index >= 15 is 0 Å². The van der Waals surface area contributed by atoms with E-state index in [1.807, 2.05) is 47.0 Å². The van der Waals surface area contributed by atoms with Crippen LogP contribution in [0, 0.1) is 0 Å². The molecule has 2 aromatic rings. The molecule has 0 spiro atoms. The Hall–Kier alpha value is -1.99. The number of carbonyl (C=O) groups excluding carboxylic acids is 2. The van der Waals surface area contributed by atoms with Gasteiger partial charge in [0.15, 0.2) is 0 Å². The van der Waals surface area contributed by atoms with E-state index in [0.29, 0.717) is 18.3 Å². The molecule has 1 unspecified atom stereocenters. The van der Waals surface area contributed by atoms with Crippen LogP contribution in [0.15, 0.2) is 47.8 Å². The summed E-state index contributed by atoms with van der Waals surface area (Å²) in [6.07, 6.45) is 0.973. The Morgan fingerprint density at radius 3 is 2.67 bits per heavy atom. The predicted octanol–water partition coefficient (Wildman–Crippen LogP) is 3.70. The summed E-state index contributed by atoms with van der Waals surface area (Å²) in [6, 6.07) is 13.8. The average molecular weight is 402 g/mol. The van der Waals surface area contributed by atoms with Crippen LogP contribution in [0.5, 0.6) is 0 Å². The van der Waals surface area contributed by atoms with Gasteiger partial charge >= 0.3 is 6.03 Å². The monoisotopic (exact) mass is 401 g/mol. The number of nitrogens with zero attached hydrogens (tertiary/aromatic N) is 3. The van der Waals surface area contributed by atoms with E-state index in [2.05, 4.69) is 17.5 Å². The Labute approximate surface area is 167 Å². The first-order valence-corrected chi connectivity index (χ1v) is 11.2. The summed E-state index contributed by atoms with van der Waals surface area (Å²) < 4.78 is 0. The van der Waals surface area contributed by atoms with Crippen LogP contribution in [0.1, 0.15) is 16.5 Å². The van der Waals surface area contributed by atoms with Crippen LogP contribution >= 0.6 is 23.1 Å². The number of hydrogen-bond donors (Lipinski definition) is 0. The van der Waals surface area contributed by atoms with E-state index in [1.165, 1.54) is 4.88 Å². The van der Waals surface area contributed by atoms with Crippen molar-refractivity contribution in [3.05, 3.63) is 52.7 Å². The van der Waals surface area contributed by atoms with Crippen LogP contribution in [0.4, 0.5) is 10.5 Å². The highest BCUT2D eigenvalue weighted by atomic mass is 32.2. The molecule has 0 aliphatic carbocycles. The first kappa shape index (κ1) is 18.4. The fraction of sp³-hybridized carbons (Fsp3) is 0.400. The van der Waals surface area contributed by atoms with Crippen LogP contribution in [0.3, 0.4) is 0 Å². The molecule has 5 nitrogen and oxygen atoms in total. The van der Waals surface area contributed by atoms with Gasteiger partial charge in [-0.3, -0.25) is 9.69 Å². The average Bonchev–Trinajstić information content (AvgIpc) is 3.27. The number of anilines is 1. The maximum absolute atomic E-state index is 12.8. The summed E-state index contributed by atoms with van der Waals surface area (Å²) in [6.45, 7) is 2.93. The van der Waals surface area contributed by atoms with Crippen molar-refractivity contribution in [3.63, 3.8) is 0 Å². The van der Waals surface area contributed by atoms with Crippen molar-refractivity contribution in [2.75, 3.05) is 43.4 Å². The van der Waals surface area contributed by atoms with Crippen molar-refractivity contribution in [2.24, 2.45) is 0 Å². The van der Waals surface area contributed by atoms with Crippen molar-refractivity contribution >= 4 is 40.7 Å². The molecule has 27 heavy (non-hydrogen) atoms. The Balaban J connectivity index is 1.33. The molecule has 4 rings (SSSR count). The van der Waals surface area contributed by atoms with Crippen LogP contribution < -0.4 is 4.90 Å². The Morgan fingerprint density at radius 1 is 1.04 bits per heavy atom. The number of amides is 3. The number of urea groups is 1. The number of rotatable bonds is 4. The van der Waals surface area contributed by atoms with Crippen LogP contribution in [-0.4, -0.2) is 60.2 Å².